The summed E-state index contributed by atoms with van der Waals surface area (Å²) in [5.74, 6) is -1.33. The van der Waals surface area contributed by atoms with Crippen LogP contribution in [-0.4, -0.2) is 11.8 Å². The second-order valence-corrected chi connectivity index (χ2v) is 4.92. The molecule has 108 valence electrons. The summed E-state index contributed by atoms with van der Waals surface area (Å²) in [5, 5.41) is -0.0513. The number of ketones is 1. The third-order valence-corrected chi connectivity index (χ3v) is 3.52. The van der Waals surface area contributed by atoms with Crippen LogP contribution in [0.1, 0.15) is 22.8 Å². The number of benzene rings is 2. The molecule has 2 aromatic rings. The third kappa shape index (κ3) is 3.40. The molecule has 2 rings (SSSR count). The molecule has 0 bridgehead atoms. The van der Waals surface area contributed by atoms with Crippen molar-refractivity contribution in [1.82, 2.24) is 0 Å². The lowest BCUT2D eigenvalue weighted by Gasteiger charge is -2.09. The van der Waals surface area contributed by atoms with Crippen molar-refractivity contribution in [3.05, 3.63) is 63.4 Å². The maximum absolute atomic E-state index is 12.9. The monoisotopic (exact) mass is 326 g/mol. The molecule has 0 fully saturated rings. The zero-order valence-corrected chi connectivity index (χ0v) is 12.3. The van der Waals surface area contributed by atoms with Crippen LogP contribution in [0.3, 0.4) is 0 Å². The van der Waals surface area contributed by atoms with E-state index < -0.39 is 17.6 Å². The Morgan fingerprint density at radius 3 is 2.19 bits per heavy atom. The first-order valence-corrected chi connectivity index (χ1v) is 6.62. The van der Waals surface area contributed by atoms with Gasteiger partial charge in [0.25, 0.3) is 0 Å². The molecule has 2 aromatic carbocycles. The average molecular weight is 327 g/mol. The number of rotatable bonds is 3. The van der Waals surface area contributed by atoms with Gasteiger partial charge in [0.1, 0.15) is 10.8 Å². The number of hydrogen-bond acceptors (Lipinski definition) is 3. The zero-order chi connectivity index (χ0) is 15.6. The third-order valence-electron chi connectivity index (χ3n) is 2.65. The van der Waals surface area contributed by atoms with Crippen LogP contribution in [0.2, 0.25) is 10.0 Å². The van der Waals surface area contributed by atoms with Gasteiger partial charge in [0.2, 0.25) is 0 Å². The Labute approximate surface area is 130 Å². The minimum absolute atomic E-state index is 0.0234. The van der Waals surface area contributed by atoms with Crippen molar-refractivity contribution in [1.29, 1.82) is 0 Å². The molecule has 0 N–H and O–H groups in total. The molecule has 21 heavy (non-hydrogen) atoms. The van der Waals surface area contributed by atoms with Crippen molar-refractivity contribution in [2.24, 2.45) is 0 Å². The lowest BCUT2D eigenvalue weighted by atomic mass is 10.0. The number of halogens is 3. The van der Waals surface area contributed by atoms with Gasteiger partial charge < -0.3 is 4.74 Å². The summed E-state index contributed by atoms with van der Waals surface area (Å²) in [7, 11) is 0. The van der Waals surface area contributed by atoms with Crippen LogP contribution in [0.5, 0.6) is 5.75 Å². The number of hydrogen-bond donors (Lipinski definition) is 0. The van der Waals surface area contributed by atoms with Gasteiger partial charge in [-0.05, 0) is 36.4 Å². The highest BCUT2D eigenvalue weighted by Crippen LogP contribution is 2.35. The van der Waals surface area contributed by atoms with Crippen molar-refractivity contribution in [3.63, 3.8) is 0 Å². The average Bonchev–Trinajstić information content (AvgIpc) is 2.44. The molecule has 0 aliphatic carbocycles. The number of ether oxygens (including phenoxy) is 1. The van der Waals surface area contributed by atoms with Gasteiger partial charge in [0.15, 0.2) is 11.5 Å². The molecule has 0 amide bonds. The summed E-state index contributed by atoms with van der Waals surface area (Å²) in [6.45, 7) is 1.22. The quantitative estimate of drug-likeness (QED) is 0.480. The van der Waals surface area contributed by atoms with Crippen molar-refractivity contribution in [2.75, 3.05) is 0 Å². The van der Waals surface area contributed by atoms with Crippen LogP contribution in [0.15, 0.2) is 36.4 Å². The van der Waals surface area contributed by atoms with E-state index in [4.69, 9.17) is 27.9 Å². The van der Waals surface area contributed by atoms with Crippen LogP contribution < -0.4 is 4.74 Å². The fourth-order valence-electron chi connectivity index (χ4n) is 1.70. The van der Waals surface area contributed by atoms with E-state index in [0.29, 0.717) is 0 Å². The van der Waals surface area contributed by atoms with E-state index in [9.17, 15) is 14.0 Å². The van der Waals surface area contributed by atoms with Gasteiger partial charge >= 0.3 is 5.97 Å². The van der Waals surface area contributed by atoms with E-state index in [1.54, 1.807) is 0 Å². The summed E-state index contributed by atoms with van der Waals surface area (Å²) in [4.78, 5) is 23.2. The zero-order valence-electron chi connectivity index (χ0n) is 10.8. The molecular formula is C15H9Cl2FO3. The molecule has 0 aliphatic rings. The normalized spacial score (nSPS) is 10.3. The first-order chi connectivity index (χ1) is 9.90. The summed E-state index contributed by atoms with van der Waals surface area (Å²) in [5.41, 5.74) is 0.416. The number of carbonyl (C=O) groups excluding carboxylic acids is 2. The summed E-state index contributed by atoms with van der Waals surface area (Å²) < 4.78 is 17.7. The van der Waals surface area contributed by atoms with Gasteiger partial charge in [-0.1, -0.05) is 23.2 Å². The molecule has 0 atom stereocenters. The Hall–Kier alpha value is -1.91. The predicted octanol–water partition coefficient (Wildman–Crippen LogP) is 4.29. The maximum Gasteiger partial charge on any atom is 0.308 e. The highest BCUT2D eigenvalue weighted by atomic mass is 35.5. The molecule has 0 heterocycles. The van der Waals surface area contributed by atoms with Crippen LogP contribution in [0.4, 0.5) is 4.39 Å². The van der Waals surface area contributed by atoms with Crippen LogP contribution in [-0.2, 0) is 4.79 Å². The highest BCUT2D eigenvalue weighted by Gasteiger charge is 2.18. The summed E-state index contributed by atoms with van der Waals surface area (Å²) in [6, 6.07) is 7.83. The molecule has 0 aromatic heterocycles. The Bertz CT molecular complexity index is 712. The van der Waals surface area contributed by atoms with Crippen LogP contribution in [0.25, 0.3) is 0 Å². The van der Waals surface area contributed by atoms with Crippen LogP contribution in [0, 0.1) is 5.82 Å². The van der Waals surface area contributed by atoms with Gasteiger partial charge in [-0.25, -0.2) is 4.39 Å². The van der Waals surface area contributed by atoms with E-state index in [1.165, 1.54) is 43.3 Å². The lowest BCUT2D eigenvalue weighted by Crippen LogP contribution is -2.05. The molecule has 0 aliphatic heterocycles. The Morgan fingerprint density at radius 1 is 1.00 bits per heavy atom. The fourth-order valence-corrected chi connectivity index (χ4v) is 2.14. The van der Waals surface area contributed by atoms with Gasteiger partial charge in [-0.3, -0.25) is 9.59 Å². The number of esters is 1. The fraction of sp³-hybridized carbons (Fsp3) is 0.0667. The van der Waals surface area contributed by atoms with Gasteiger partial charge in [0.05, 0.1) is 5.02 Å². The first kappa shape index (κ1) is 15.5. The Balaban J connectivity index is 2.40. The molecular weight excluding hydrogens is 318 g/mol. The van der Waals surface area contributed by atoms with Crippen molar-refractivity contribution < 1.29 is 18.7 Å². The van der Waals surface area contributed by atoms with Crippen molar-refractivity contribution in [3.8, 4) is 5.75 Å². The predicted molar refractivity (Wildman–Crippen MR) is 77.6 cm³/mol. The molecule has 6 heteroatoms. The van der Waals surface area contributed by atoms with E-state index in [0.717, 1.165) is 0 Å². The van der Waals surface area contributed by atoms with E-state index in [1.807, 2.05) is 0 Å². The summed E-state index contributed by atoms with van der Waals surface area (Å²) in [6.07, 6.45) is 0. The topological polar surface area (TPSA) is 43.4 Å². The second kappa shape index (κ2) is 6.24. The Morgan fingerprint density at radius 2 is 1.62 bits per heavy atom. The maximum atomic E-state index is 12.9. The SMILES string of the molecule is CC(=O)Oc1ccc(C(=O)c2ccc(F)cc2)c(Cl)c1Cl. The van der Waals surface area contributed by atoms with Crippen LogP contribution >= 0.6 is 23.2 Å². The molecule has 3 nitrogen and oxygen atoms in total. The lowest BCUT2D eigenvalue weighted by molar-refractivity contribution is -0.131. The van der Waals surface area contributed by atoms with E-state index in [-0.39, 0.29) is 26.9 Å². The molecule has 0 saturated carbocycles. The van der Waals surface area contributed by atoms with E-state index in [2.05, 4.69) is 0 Å². The smallest absolute Gasteiger partial charge is 0.308 e. The molecule has 0 radical (unpaired) electrons. The molecule has 0 saturated heterocycles. The van der Waals surface area contributed by atoms with E-state index >= 15 is 0 Å². The second-order valence-electron chi connectivity index (χ2n) is 4.17. The summed E-state index contributed by atoms with van der Waals surface area (Å²) >= 11 is 12.0. The molecule has 0 unspecified atom stereocenters. The largest absolute Gasteiger partial charge is 0.425 e. The molecule has 0 spiro atoms. The van der Waals surface area contributed by atoms with Crippen molar-refractivity contribution >= 4 is 35.0 Å². The minimum atomic E-state index is -0.550. The van der Waals surface area contributed by atoms with Crippen molar-refractivity contribution in [2.45, 2.75) is 6.92 Å². The first-order valence-electron chi connectivity index (χ1n) is 5.87. The highest BCUT2D eigenvalue weighted by molar-refractivity contribution is 6.45. The number of carbonyl (C=O) groups is 2. The minimum Gasteiger partial charge on any atom is -0.425 e. The van der Waals surface area contributed by atoms with Gasteiger partial charge in [0, 0.05) is 18.1 Å². The van der Waals surface area contributed by atoms with Gasteiger partial charge in [-0.15, -0.1) is 0 Å². The van der Waals surface area contributed by atoms with Gasteiger partial charge in [-0.2, -0.15) is 0 Å². The standard InChI is InChI=1S/C15H9Cl2FO3/c1-8(19)21-12-7-6-11(13(16)14(12)17)15(20)9-2-4-10(18)5-3-9/h2-7H,1H3. The Kier molecular flexibility index (Phi) is 4.60.